The van der Waals surface area contributed by atoms with Crippen molar-refractivity contribution in [1.82, 2.24) is 14.5 Å². The number of hydrogen-bond acceptors (Lipinski definition) is 4. The molecule has 1 aliphatic heterocycles. The first-order valence-corrected chi connectivity index (χ1v) is 9.70. The summed E-state index contributed by atoms with van der Waals surface area (Å²) in [5, 5.41) is 0. The van der Waals surface area contributed by atoms with E-state index in [1.54, 1.807) is 16.8 Å². The van der Waals surface area contributed by atoms with Crippen molar-refractivity contribution < 1.29 is 4.74 Å². The number of benzene rings is 1. The number of fused-ring (bicyclic) bond motifs is 1. The van der Waals surface area contributed by atoms with E-state index in [-0.39, 0.29) is 5.56 Å². The van der Waals surface area contributed by atoms with Crippen LogP contribution in [-0.4, -0.2) is 28.0 Å². The van der Waals surface area contributed by atoms with Crippen LogP contribution < -0.4 is 10.3 Å². The van der Waals surface area contributed by atoms with E-state index in [4.69, 9.17) is 4.74 Å². The summed E-state index contributed by atoms with van der Waals surface area (Å²) in [6.07, 6.45) is 5.48. The lowest BCUT2D eigenvalue weighted by Gasteiger charge is -2.25. The molecule has 0 N–H and O–H groups in total. The number of pyridine rings is 2. The Morgan fingerprint density at radius 2 is 2.04 bits per heavy atom. The molecule has 0 aliphatic carbocycles. The van der Waals surface area contributed by atoms with E-state index < -0.39 is 0 Å². The smallest absolute Gasteiger partial charge is 0.254 e. The van der Waals surface area contributed by atoms with Gasteiger partial charge in [0.15, 0.2) is 0 Å². The van der Waals surface area contributed by atoms with Crippen LogP contribution in [0.15, 0.2) is 65.7 Å². The van der Waals surface area contributed by atoms with Crippen LogP contribution in [0.3, 0.4) is 0 Å². The molecule has 3 heterocycles. The molecule has 5 heteroatoms. The number of hydrogen-bond donors (Lipinski definition) is 0. The summed E-state index contributed by atoms with van der Waals surface area (Å²) in [7, 11) is 2.16. The second-order valence-electron chi connectivity index (χ2n) is 7.34. The Kier molecular flexibility index (Phi) is 5.53. The minimum absolute atomic E-state index is 0.0434. The zero-order valence-corrected chi connectivity index (χ0v) is 16.2. The molecule has 0 saturated carbocycles. The zero-order valence-electron chi connectivity index (χ0n) is 16.2. The lowest BCUT2D eigenvalue weighted by molar-refractivity contribution is 0.300. The van der Waals surface area contributed by atoms with E-state index in [0.29, 0.717) is 18.9 Å². The van der Waals surface area contributed by atoms with Gasteiger partial charge in [-0.1, -0.05) is 24.3 Å². The lowest BCUT2D eigenvalue weighted by Crippen LogP contribution is -2.26. The Hall–Kier alpha value is -2.92. The summed E-state index contributed by atoms with van der Waals surface area (Å²) in [6.45, 7) is 3.15. The van der Waals surface area contributed by atoms with Crippen molar-refractivity contribution in [1.29, 1.82) is 0 Å². The summed E-state index contributed by atoms with van der Waals surface area (Å²) in [6, 6.07) is 15.8. The van der Waals surface area contributed by atoms with Crippen molar-refractivity contribution in [3.8, 4) is 5.75 Å². The molecule has 0 spiro atoms. The van der Waals surface area contributed by atoms with Gasteiger partial charge in [-0.2, -0.15) is 0 Å². The molecule has 1 aliphatic rings. The maximum absolute atomic E-state index is 12.4. The summed E-state index contributed by atoms with van der Waals surface area (Å²) in [5.41, 5.74) is 4.94. The number of aryl methyl sites for hydroxylation is 2. The molecule has 3 aromatic rings. The average molecular weight is 375 g/mol. The van der Waals surface area contributed by atoms with E-state index >= 15 is 0 Å². The maximum Gasteiger partial charge on any atom is 0.254 e. The third-order valence-electron chi connectivity index (χ3n) is 5.20. The topological polar surface area (TPSA) is 47.4 Å². The molecule has 28 heavy (non-hydrogen) atoms. The first-order valence-electron chi connectivity index (χ1n) is 9.70. The Bertz CT molecular complexity index is 998. The molecule has 5 nitrogen and oxygen atoms in total. The molecular formula is C23H25N3O2. The molecule has 0 radical (unpaired) electrons. The highest BCUT2D eigenvalue weighted by Crippen LogP contribution is 2.20. The van der Waals surface area contributed by atoms with Gasteiger partial charge >= 0.3 is 0 Å². The molecule has 0 fully saturated rings. The fourth-order valence-electron chi connectivity index (χ4n) is 3.56. The van der Waals surface area contributed by atoms with Gasteiger partial charge in [0.2, 0.25) is 0 Å². The molecule has 1 aromatic carbocycles. The normalized spacial score (nSPS) is 13.9. The standard InChI is InChI=1S/C23H25N3O2/c1-25-11-8-19-14-18(5-6-20(19)16-25)7-12-26-13-9-22(15-23(26)27)28-17-21-4-2-3-10-24-21/h2-6,9-10,13-15H,7-8,11-12,16-17H2,1H3. The minimum atomic E-state index is -0.0434. The third kappa shape index (κ3) is 4.49. The Morgan fingerprint density at radius 3 is 2.86 bits per heavy atom. The van der Waals surface area contributed by atoms with Crippen LogP contribution in [0.1, 0.15) is 22.4 Å². The molecule has 0 bridgehead atoms. The number of nitrogens with zero attached hydrogens (tertiary/aromatic N) is 3. The van der Waals surface area contributed by atoms with Gasteiger partial charge in [0.05, 0.1) is 5.69 Å². The lowest BCUT2D eigenvalue weighted by atomic mass is 9.96. The predicted octanol–water partition coefficient (Wildman–Crippen LogP) is 3.05. The Morgan fingerprint density at radius 1 is 1.11 bits per heavy atom. The summed E-state index contributed by atoms with van der Waals surface area (Å²) < 4.78 is 7.42. The number of likely N-dealkylation sites (N-methyl/N-ethyl adjacent to an activating group) is 1. The fourth-order valence-corrected chi connectivity index (χ4v) is 3.56. The zero-order chi connectivity index (χ0) is 19.3. The van der Waals surface area contributed by atoms with Crippen LogP contribution in [0.5, 0.6) is 5.75 Å². The molecule has 0 unspecified atom stereocenters. The van der Waals surface area contributed by atoms with E-state index in [9.17, 15) is 4.79 Å². The second kappa shape index (κ2) is 8.40. The molecule has 0 amide bonds. The van der Waals surface area contributed by atoms with Gasteiger partial charge in [0, 0.05) is 38.1 Å². The van der Waals surface area contributed by atoms with E-state index in [0.717, 1.165) is 31.6 Å². The number of aromatic nitrogens is 2. The molecule has 144 valence electrons. The van der Waals surface area contributed by atoms with Gasteiger partial charge in [-0.05, 0) is 54.8 Å². The van der Waals surface area contributed by atoms with E-state index in [2.05, 4.69) is 35.1 Å². The van der Waals surface area contributed by atoms with Gasteiger partial charge < -0.3 is 14.2 Å². The largest absolute Gasteiger partial charge is 0.487 e. The van der Waals surface area contributed by atoms with Crippen LogP contribution >= 0.6 is 0 Å². The van der Waals surface area contributed by atoms with Crippen molar-refractivity contribution in [2.45, 2.75) is 32.5 Å². The van der Waals surface area contributed by atoms with Gasteiger partial charge in [-0.3, -0.25) is 9.78 Å². The van der Waals surface area contributed by atoms with Crippen LogP contribution in [0, 0.1) is 0 Å². The second-order valence-corrected chi connectivity index (χ2v) is 7.34. The summed E-state index contributed by atoms with van der Waals surface area (Å²) in [5.74, 6) is 0.574. The minimum Gasteiger partial charge on any atom is -0.487 e. The SMILES string of the molecule is CN1CCc2cc(CCn3ccc(OCc4ccccn4)cc3=O)ccc2C1. The highest BCUT2D eigenvalue weighted by Gasteiger charge is 2.13. The maximum atomic E-state index is 12.4. The molecule has 0 saturated heterocycles. The van der Waals surface area contributed by atoms with Crippen LogP contribution in [0.4, 0.5) is 0 Å². The van der Waals surface area contributed by atoms with Crippen LogP contribution in [0.2, 0.25) is 0 Å². The monoisotopic (exact) mass is 375 g/mol. The molecular weight excluding hydrogens is 350 g/mol. The van der Waals surface area contributed by atoms with Crippen molar-refractivity contribution in [2.24, 2.45) is 0 Å². The first kappa shape index (κ1) is 18.4. The number of rotatable bonds is 6. The van der Waals surface area contributed by atoms with Gasteiger partial charge in [-0.25, -0.2) is 0 Å². The molecule has 4 rings (SSSR count). The fraction of sp³-hybridized carbons (Fsp3) is 0.304. The van der Waals surface area contributed by atoms with Gasteiger partial charge in [-0.15, -0.1) is 0 Å². The van der Waals surface area contributed by atoms with Gasteiger partial charge in [0.1, 0.15) is 12.4 Å². The average Bonchev–Trinajstić information content (AvgIpc) is 2.72. The van der Waals surface area contributed by atoms with Crippen molar-refractivity contribution in [3.63, 3.8) is 0 Å². The van der Waals surface area contributed by atoms with Crippen molar-refractivity contribution in [2.75, 3.05) is 13.6 Å². The highest BCUT2D eigenvalue weighted by atomic mass is 16.5. The summed E-state index contributed by atoms with van der Waals surface area (Å²) >= 11 is 0. The van der Waals surface area contributed by atoms with Gasteiger partial charge in [0.25, 0.3) is 5.56 Å². The molecule has 2 aromatic heterocycles. The predicted molar refractivity (Wildman–Crippen MR) is 109 cm³/mol. The quantitative estimate of drug-likeness (QED) is 0.664. The Labute approximate surface area is 165 Å². The third-order valence-corrected chi connectivity index (χ3v) is 5.20. The van der Waals surface area contributed by atoms with E-state index in [1.165, 1.54) is 16.7 Å². The molecule has 0 atom stereocenters. The van der Waals surface area contributed by atoms with Crippen LogP contribution in [-0.2, 0) is 32.5 Å². The first-order chi connectivity index (χ1) is 13.7. The van der Waals surface area contributed by atoms with Crippen molar-refractivity contribution >= 4 is 0 Å². The van der Waals surface area contributed by atoms with E-state index in [1.807, 2.05) is 30.5 Å². The Balaban J connectivity index is 1.37. The summed E-state index contributed by atoms with van der Waals surface area (Å²) in [4.78, 5) is 19.0. The van der Waals surface area contributed by atoms with Crippen molar-refractivity contribution in [3.05, 3.63) is 93.7 Å². The number of ether oxygens (including phenoxy) is 1. The van der Waals surface area contributed by atoms with Crippen LogP contribution in [0.25, 0.3) is 0 Å². The highest BCUT2D eigenvalue weighted by molar-refractivity contribution is 5.34.